The molecule has 2 atom stereocenters. The van der Waals surface area contributed by atoms with Gasteiger partial charge >= 0.3 is 0 Å². The number of imidazole rings is 1. The van der Waals surface area contributed by atoms with Crippen molar-refractivity contribution >= 4 is 34.7 Å². The van der Waals surface area contributed by atoms with E-state index in [-0.39, 0.29) is 0 Å². The minimum atomic E-state index is -0.438. The first-order chi connectivity index (χ1) is 22.4. The van der Waals surface area contributed by atoms with Gasteiger partial charge in [0, 0.05) is 70.9 Å². The van der Waals surface area contributed by atoms with E-state index in [9.17, 15) is 5.11 Å². The summed E-state index contributed by atoms with van der Waals surface area (Å²) in [5.41, 5.74) is 5.17. The zero-order valence-corrected chi connectivity index (χ0v) is 27.5. The molecule has 11 nitrogen and oxygen atoms in total. The Balaban J connectivity index is 1.16. The van der Waals surface area contributed by atoms with Gasteiger partial charge in [-0.25, -0.2) is 9.97 Å². The molecule has 3 N–H and O–H groups in total. The van der Waals surface area contributed by atoms with Crippen LogP contribution in [-0.2, 0) is 24.6 Å². The Morgan fingerprint density at radius 1 is 1.04 bits per heavy atom. The van der Waals surface area contributed by atoms with Crippen LogP contribution in [0.4, 0.5) is 23.1 Å². The molecule has 0 bridgehead atoms. The molecule has 2 aromatic carbocycles. The Bertz CT molecular complexity index is 1620. The monoisotopic (exact) mass is 646 g/mol. The van der Waals surface area contributed by atoms with Crippen LogP contribution in [0.1, 0.15) is 24.0 Å². The summed E-state index contributed by atoms with van der Waals surface area (Å²) in [6.45, 7) is 4.97. The predicted octanol–water partition coefficient (Wildman–Crippen LogP) is 4.90. The van der Waals surface area contributed by atoms with Crippen LogP contribution in [0.3, 0.4) is 0 Å². The van der Waals surface area contributed by atoms with E-state index in [1.165, 1.54) is 11.1 Å². The normalized spacial score (nSPS) is 18.1. The number of rotatable bonds is 11. The Kier molecular flexibility index (Phi) is 10.4. The quantitative estimate of drug-likeness (QED) is 0.195. The summed E-state index contributed by atoms with van der Waals surface area (Å²) in [6, 6.07) is 12.7. The first-order valence-corrected chi connectivity index (χ1v) is 16.3. The van der Waals surface area contributed by atoms with Crippen molar-refractivity contribution in [1.29, 1.82) is 0 Å². The first kappa shape index (κ1) is 32.2. The van der Waals surface area contributed by atoms with E-state index in [4.69, 9.17) is 26.1 Å². The molecule has 2 aromatic heterocycles. The highest BCUT2D eigenvalue weighted by Gasteiger charge is 2.28. The highest BCUT2D eigenvalue weighted by atomic mass is 35.5. The van der Waals surface area contributed by atoms with Gasteiger partial charge in [-0.3, -0.25) is 9.80 Å². The number of nitrogens with zero attached hydrogens (tertiary/aromatic N) is 6. The number of β-amino-alcohol motifs (C(OH)–C–C–N with tert-alkyl or cyclic N) is 1. The Morgan fingerprint density at radius 3 is 2.63 bits per heavy atom. The van der Waals surface area contributed by atoms with Crippen molar-refractivity contribution in [1.82, 2.24) is 29.3 Å². The lowest BCUT2D eigenvalue weighted by atomic mass is 9.98. The zero-order chi connectivity index (χ0) is 32.0. The number of anilines is 4. The van der Waals surface area contributed by atoms with Crippen molar-refractivity contribution in [2.24, 2.45) is 7.05 Å². The molecule has 1 aliphatic carbocycles. The van der Waals surface area contributed by atoms with Gasteiger partial charge in [-0.15, -0.1) is 0 Å². The van der Waals surface area contributed by atoms with Gasteiger partial charge < -0.3 is 29.8 Å². The molecular formula is C34H43ClN8O3. The lowest BCUT2D eigenvalue weighted by Gasteiger charge is -2.39. The molecule has 0 amide bonds. The van der Waals surface area contributed by atoms with E-state index in [1.807, 2.05) is 42.1 Å². The molecule has 0 radical (unpaired) electrons. The van der Waals surface area contributed by atoms with Gasteiger partial charge in [0.05, 0.1) is 37.4 Å². The van der Waals surface area contributed by atoms with Gasteiger partial charge in [0.25, 0.3) is 0 Å². The summed E-state index contributed by atoms with van der Waals surface area (Å²) in [4.78, 5) is 18.7. The van der Waals surface area contributed by atoms with Crippen molar-refractivity contribution in [2.75, 3.05) is 64.2 Å². The van der Waals surface area contributed by atoms with Crippen molar-refractivity contribution in [2.45, 2.75) is 37.8 Å². The smallest absolute Gasteiger partial charge is 0.229 e. The third-order valence-electron chi connectivity index (χ3n) is 8.97. The Morgan fingerprint density at radius 2 is 1.87 bits per heavy atom. The van der Waals surface area contributed by atoms with Gasteiger partial charge in [-0.05, 0) is 55.0 Å². The number of fused-ring (bicyclic) bond motifs is 1. The predicted molar refractivity (Wildman–Crippen MR) is 182 cm³/mol. The molecule has 12 heteroatoms. The number of benzene rings is 2. The summed E-state index contributed by atoms with van der Waals surface area (Å²) in [7, 11) is 5.32. The van der Waals surface area contributed by atoms with Crippen LogP contribution in [0.2, 0.25) is 5.02 Å². The maximum Gasteiger partial charge on any atom is 0.229 e. The van der Waals surface area contributed by atoms with Crippen molar-refractivity contribution < 1.29 is 14.6 Å². The molecule has 2 unspecified atom stereocenters. The maximum absolute atomic E-state index is 10.1. The fourth-order valence-corrected chi connectivity index (χ4v) is 6.82. The van der Waals surface area contributed by atoms with E-state index in [0.717, 1.165) is 80.4 Å². The fourth-order valence-electron chi connectivity index (χ4n) is 6.68. The average molecular weight is 647 g/mol. The molecule has 1 fully saturated rings. The topological polar surface area (TPSA) is 113 Å². The molecule has 0 spiro atoms. The second-order valence-corrected chi connectivity index (χ2v) is 12.4. The summed E-state index contributed by atoms with van der Waals surface area (Å²) in [5, 5.41) is 17.3. The van der Waals surface area contributed by atoms with Crippen LogP contribution in [0.25, 0.3) is 11.4 Å². The number of aliphatic hydroxyl groups is 1. The van der Waals surface area contributed by atoms with Gasteiger partial charge in [0.2, 0.25) is 5.95 Å². The molecule has 0 saturated carbocycles. The standard InChI is InChI=1S/C34H43ClN8O3/c1-41-14-13-36-33(41)27-8-4-5-10-29(27)38-32-28(35)20-37-34(40-32)39-30-12-11-23-19-24(7-6-9-26(23)31(30)46-3)43-17-15-42(16-18-43)21-25(44)22-45-2/h4-5,8,10-14,20,24-25,44H,6-7,9,15-19,21-22H2,1-3H3,(H2,37,38,39,40). The van der Waals surface area contributed by atoms with Crippen LogP contribution < -0.4 is 15.4 Å². The lowest BCUT2D eigenvalue weighted by molar-refractivity contribution is 0.0174. The number of aliphatic hydroxyl groups excluding tert-OH is 1. The van der Waals surface area contributed by atoms with Gasteiger partial charge in [-0.1, -0.05) is 29.8 Å². The molecule has 1 aliphatic heterocycles. The number of hydrogen-bond acceptors (Lipinski definition) is 10. The Hall–Kier alpha value is -3.74. The minimum Gasteiger partial charge on any atom is -0.494 e. The van der Waals surface area contributed by atoms with E-state index in [0.29, 0.717) is 36.0 Å². The van der Waals surface area contributed by atoms with Gasteiger partial charge in [0.15, 0.2) is 5.82 Å². The SMILES string of the molecule is COCC(O)CN1CCN(C2CCCc3c(ccc(Nc4ncc(Cl)c(Nc5ccccc5-c5nccn5C)n4)c3OC)C2)CC1. The van der Waals surface area contributed by atoms with E-state index >= 15 is 0 Å². The maximum atomic E-state index is 10.1. The number of aryl methyl sites for hydroxylation is 1. The second-order valence-electron chi connectivity index (χ2n) is 12.0. The molecule has 1 saturated heterocycles. The first-order valence-electron chi connectivity index (χ1n) is 15.9. The molecule has 244 valence electrons. The third-order valence-corrected chi connectivity index (χ3v) is 9.24. The number of halogens is 1. The number of aromatic nitrogens is 4. The minimum absolute atomic E-state index is 0.377. The number of para-hydroxylation sites is 1. The molecule has 2 aliphatic rings. The number of nitrogens with one attached hydrogen (secondary N) is 2. The van der Waals surface area contributed by atoms with Gasteiger partial charge in [0.1, 0.15) is 16.6 Å². The van der Waals surface area contributed by atoms with E-state index < -0.39 is 6.10 Å². The summed E-state index contributed by atoms with van der Waals surface area (Å²) in [5.74, 6) is 2.58. The highest BCUT2D eigenvalue weighted by molar-refractivity contribution is 6.33. The van der Waals surface area contributed by atoms with Crippen molar-refractivity contribution in [3.8, 4) is 17.1 Å². The molecule has 3 heterocycles. The van der Waals surface area contributed by atoms with Crippen molar-refractivity contribution in [3.63, 3.8) is 0 Å². The fraction of sp³-hybridized carbons (Fsp3) is 0.441. The number of hydrogen-bond donors (Lipinski definition) is 3. The summed E-state index contributed by atoms with van der Waals surface area (Å²) in [6.07, 6.45) is 9.02. The largest absolute Gasteiger partial charge is 0.494 e. The number of ether oxygens (including phenoxy) is 2. The van der Waals surface area contributed by atoms with E-state index in [2.05, 4.69) is 42.5 Å². The highest BCUT2D eigenvalue weighted by Crippen LogP contribution is 2.38. The lowest BCUT2D eigenvalue weighted by Crippen LogP contribution is -2.52. The molecule has 6 rings (SSSR count). The third kappa shape index (κ3) is 7.29. The Labute approximate surface area is 275 Å². The average Bonchev–Trinajstić information content (AvgIpc) is 3.36. The number of piperazine rings is 1. The molecule has 46 heavy (non-hydrogen) atoms. The van der Waals surface area contributed by atoms with Crippen LogP contribution in [0.15, 0.2) is 55.0 Å². The summed E-state index contributed by atoms with van der Waals surface area (Å²) >= 11 is 6.57. The van der Waals surface area contributed by atoms with Crippen molar-refractivity contribution in [3.05, 3.63) is 71.1 Å². The van der Waals surface area contributed by atoms with Gasteiger partial charge in [-0.2, -0.15) is 4.98 Å². The second kappa shape index (κ2) is 14.8. The number of methoxy groups -OCH3 is 2. The van der Waals surface area contributed by atoms with Crippen LogP contribution in [-0.4, -0.2) is 100 Å². The van der Waals surface area contributed by atoms with Crippen LogP contribution in [0.5, 0.6) is 5.75 Å². The zero-order valence-electron chi connectivity index (χ0n) is 26.7. The van der Waals surface area contributed by atoms with Crippen LogP contribution in [0, 0.1) is 0 Å². The summed E-state index contributed by atoms with van der Waals surface area (Å²) < 4.78 is 13.1. The van der Waals surface area contributed by atoms with E-state index in [1.54, 1.807) is 26.6 Å². The van der Waals surface area contributed by atoms with Crippen LogP contribution >= 0.6 is 11.6 Å². The molecular weight excluding hydrogens is 604 g/mol. The molecule has 4 aromatic rings.